The van der Waals surface area contributed by atoms with Crippen molar-refractivity contribution >= 4 is 17.4 Å². The lowest BCUT2D eigenvalue weighted by Gasteiger charge is -2.22. The maximum Gasteiger partial charge on any atom is 0.148 e. The van der Waals surface area contributed by atoms with Crippen LogP contribution in [0.1, 0.15) is 25.7 Å². The molecule has 0 saturated carbocycles. The molecule has 16 heavy (non-hydrogen) atoms. The first-order chi connectivity index (χ1) is 7.86. The van der Waals surface area contributed by atoms with Crippen LogP contribution < -0.4 is 5.32 Å². The van der Waals surface area contributed by atoms with Crippen LogP contribution in [0.25, 0.3) is 0 Å². The van der Waals surface area contributed by atoms with Crippen molar-refractivity contribution in [1.82, 2.24) is 9.97 Å². The van der Waals surface area contributed by atoms with Crippen molar-refractivity contribution in [2.24, 2.45) is 0 Å². The van der Waals surface area contributed by atoms with Crippen LogP contribution in [0.4, 0.5) is 5.82 Å². The molecule has 1 atom stereocenters. The highest BCUT2D eigenvalue weighted by Gasteiger charge is 2.13. The van der Waals surface area contributed by atoms with Crippen LogP contribution in [-0.2, 0) is 4.74 Å². The Bertz CT molecular complexity index is 329. The fourth-order valence-corrected chi connectivity index (χ4v) is 2.00. The van der Waals surface area contributed by atoms with Crippen LogP contribution >= 0.6 is 11.6 Å². The first kappa shape index (κ1) is 11.6. The third kappa shape index (κ3) is 3.32. The largest absolute Gasteiger partial charge is 0.378 e. The molecule has 0 spiro atoms. The zero-order valence-corrected chi connectivity index (χ0v) is 9.91. The molecule has 1 aromatic heterocycles. The molecule has 1 aliphatic heterocycles. The monoisotopic (exact) mass is 241 g/mol. The quantitative estimate of drug-likeness (QED) is 0.880. The molecule has 0 bridgehead atoms. The van der Waals surface area contributed by atoms with Gasteiger partial charge in [-0.3, -0.25) is 0 Å². The fourth-order valence-electron chi connectivity index (χ4n) is 1.83. The van der Waals surface area contributed by atoms with Crippen LogP contribution in [-0.4, -0.2) is 29.2 Å². The number of hydrogen-bond acceptors (Lipinski definition) is 4. The molecule has 1 N–H and O–H groups in total. The molecule has 1 aromatic rings. The molecular weight excluding hydrogens is 226 g/mol. The molecule has 1 saturated heterocycles. The number of nitrogens with zero attached hydrogens (tertiary/aromatic N) is 2. The number of halogens is 1. The summed E-state index contributed by atoms with van der Waals surface area (Å²) in [6.45, 7) is 1.74. The van der Waals surface area contributed by atoms with Crippen LogP contribution in [0, 0.1) is 0 Å². The molecule has 0 radical (unpaired) electrons. The molecule has 4 nitrogen and oxygen atoms in total. The van der Waals surface area contributed by atoms with Gasteiger partial charge in [0.2, 0.25) is 0 Å². The molecule has 1 fully saturated rings. The molecule has 2 heterocycles. The molecule has 0 amide bonds. The molecule has 88 valence electrons. The van der Waals surface area contributed by atoms with Gasteiger partial charge >= 0.3 is 0 Å². The van der Waals surface area contributed by atoms with E-state index in [0.717, 1.165) is 19.6 Å². The average molecular weight is 242 g/mol. The maximum absolute atomic E-state index is 5.93. The fraction of sp³-hybridized carbons (Fsp3) is 0.636. The lowest BCUT2D eigenvalue weighted by atomic mass is 10.1. The van der Waals surface area contributed by atoms with Crippen molar-refractivity contribution in [3.63, 3.8) is 0 Å². The van der Waals surface area contributed by atoms with E-state index in [9.17, 15) is 0 Å². The van der Waals surface area contributed by atoms with Crippen LogP contribution in [0.2, 0.25) is 5.02 Å². The summed E-state index contributed by atoms with van der Waals surface area (Å²) in [5.41, 5.74) is 0. The first-order valence-electron chi connectivity index (χ1n) is 5.67. The number of nitrogens with one attached hydrogen (secondary N) is 1. The van der Waals surface area contributed by atoms with Gasteiger partial charge in [-0.2, -0.15) is 0 Å². The minimum atomic E-state index is 0.391. The number of ether oxygens (including phenoxy) is 1. The number of hydrogen-bond donors (Lipinski definition) is 1. The predicted molar refractivity (Wildman–Crippen MR) is 63.7 cm³/mol. The van der Waals surface area contributed by atoms with Gasteiger partial charge < -0.3 is 10.1 Å². The Hall–Kier alpha value is -0.870. The Morgan fingerprint density at radius 1 is 1.50 bits per heavy atom. The van der Waals surface area contributed by atoms with Crippen LogP contribution in [0.15, 0.2) is 12.5 Å². The summed E-state index contributed by atoms with van der Waals surface area (Å²) in [6.07, 6.45) is 8.11. The summed E-state index contributed by atoms with van der Waals surface area (Å²) in [4.78, 5) is 7.90. The minimum Gasteiger partial charge on any atom is -0.378 e. The van der Waals surface area contributed by atoms with Gasteiger partial charge in [-0.1, -0.05) is 11.6 Å². The minimum absolute atomic E-state index is 0.391. The van der Waals surface area contributed by atoms with Gasteiger partial charge in [0.25, 0.3) is 0 Å². The van der Waals surface area contributed by atoms with Gasteiger partial charge in [0.15, 0.2) is 0 Å². The van der Waals surface area contributed by atoms with E-state index >= 15 is 0 Å². The Balaban J connectivity index is 1.73. The average Bonchev–Trinajstić information content (AvgIpc) is 2.33. The van der Waals surface area contributed by atoms with Crippen LogP contribution in [0.3, 0.4) is 0 Å². The number of rotatable bonds is 4. The molecule has 1 aliphatic rings. The highest BCUT2D eigenvalue weighted by Crippen LogP contribution is 2.18. The van der Waals surface area contributed by atoms with E-state index in [2.05, 4.69) is 15.3 Å². The molecule has 0 aliphatic carbocycles. The summed E-state index contributed by atoms with van der Waals surface area (Å²) in [7, 11) is 0. The number of aromatic nitrogens is 2. The highest BCUT2D eigenvalue weighted by molar-refractivity contribution is 6.32. The highest BCUT2D eigenvalue weighted by atomic mass is 35.5. The topological polar surface area (TPSA) is 47.0 Å². The predicted octanol–water partition coefficient (Wildman–Crippen LogP) is 2.50. The van der Waals surface area contributed by atoms with Crippen molar-refractivity contribution in [3.05, 3.63) is 17.5 Å². The summed E-state index contributed by atoms with van der Waals surface area (Å²) in [5.74, 6) is 0.701. The smallest absolute Gasteiger partial charge is 0.148 e. The molecular formula is C11H16ClN3O. The lowest BCUT2D eigenvalue weighted by molar-refractivity contribution is 0.0134. The number of anilines is 1. The van der Waals surface area contributed by atoms with E-state index < -0.39 is 0 Å². The third-order valence-corrected chi connectivity index (χ3v) is 2.98. The van der Waals surface area contributed by atoms with Crippen molar-refractivity contribution in [2.75, 3.05) is 18.5 Å². The lowest BCUT2D eigenvalue weighted by Crippen LogP contribution is -2.22. The summed E-state index contributed by atoms with van der Waals surface area (Å²) in [6, 6.07) is 0. The van der Waals surface area contributed by atoms with Gasteiger partial charge in [0.1, 0.15) is 17.2 Å². The normalized spacial score (nSPS) is 20.7. The van der Waals surface area contributed by atoms with E-state index in [1.54, 1.807) is 6.20 Å². The molecule has 1 unspecified atom stereocenters. The van der Waals surface area contributed by atoms with Gasteiger partial charge in [-0.05, 0) is 25.7 Å². The van der Waals surface area contributed by atoms with Crippen molar-refractivity contribution in [3.8, 4) is 0 Å². The van der Waals surface area contributed by atoms with Gasteiger partial charge in [-0.15, -0.1) is 0 Å². The van der Waals surface area contributed by atoms with E-state index in [1.165, 1.54) is 25.6 Å². The van der Waals surface area contributed by atoms with E-state index in [0.29, 0.717) is 16.9 Å². The van der Waals surface area contributed by atoms with Crippen LogP contribution in [0.5, 0.6) is 0 Å². The van der Waals surface area contributed by atoms with E-state index in [-0.39, 0.29) is 0 Å². The second-order valence-electron chi connectivity index (χ2n) is 3.92. The second kappa shape index (κ2) is 6.01. The maximum atomic E-state index is 5.93. The Morgan fingerprint density at radius 3 is 3.19 bits per heavy atom. The first-order valence-corrected chi connectivity index (χ1v) is 6.05. The Kier molecular flexibility index (Phi) is 4.36. The van der Waals surface area contributed by atoms with Gasteiger partial charge in [0, 0.05) is 13.2 Å². The van der Waals surface area contributed by atoms with Gasteiger partial charge in [-0.25, -0.2) is 9.97 Å². The molecule has 0 aromatic carbocycles. The summed E-state index contributed by atoms with van der Waals surface area (Å²) < 4.78 is 5.64. The SMILES string of the molecule is Clc1cncnc1NCCC1CCCCO1. The van der Waals surface area contributed by atoms with Crippen molar-refractivity contribution in [1.29, 1.82) is 0 Å². The van der Waals surface area contributed by atoms with E-state index in [4.69, 9.17) is 16.3 Å². The standard InChI is InChI=1S/C11H16ClN3O/c12-10-7-13-8-15-11(10)14-5-4-9-3-1-2-6-16-9/h7-9H,1-6H2,(H,13,14,15). The zero-order valence-electron chi connectivity index (χ0n) is 9.16. The summed E-state index contributed by atoms with van der Waals surface area (Å²) >= 11 is 5.93. The van der Waals surface area contributed by atoms with E-state index in [1.807, 2.05) is 0 Å². The second-order valence-corrected chi connectivity index (χ2v) is 4.33. The third-order valence-electron chi connectivity index (χ3n) is 2.70. The molecule has 2 rings (SSSR count). The Labute approximate surface area is 100 Å². The Morgan fingerprint density at radius 2 is 2.44 bits per heavy atom. The molecule has 5 heteroatoms. The summed E-state index contributed by atoms with van der Waals surface area (Å²) in [5, 5.41) is 3.76. The van der Waals surface area contributed by atoms with Crippen molar-refractivity contribution < 1.29 is 4.74 Å². The van der Waals surface area contributed by atoms with Gasteiger partial charge in [0.05, 0.1) is 12.3 Å². The van der Waals surface area contributed by atoms with Crippen molar-refractivity contribution in [2.45, 2.75) is 31.8 Å². The zero-order chi connectivity index (χ0) is 11.2.